The van der Waals surface area contributed by atoms with Crippen LogP contribution in [0, 0.1) is 17.4 Å². The lowest BCUT2D eigenvalue weighted by atomic mass is 10.1. The molecular weight excluding hydrogens is 296 g/mol. The molecule has 1 amide bonds. The maximum absolute atomic E-state index is 12.3. The van der Waals surface area contributed by atoms with Crippen molar-refractivity contribution in [2.45, 2.75) is 19.4 Å². The van der Waals surface area contributed by atoms with Crippen LogP contribution in [0.4, 0.5) is 5.13 Å². The minimum atomic E-state index is -0.154. The van der Waals surface area contributed by atoms with Crippen molar-refractivity contribution in [2.75, 3.05) is 11.9 Å². The van der Waals surface area contributed by atoms with Crippen LogP contribution in [0.15, 0.2) is 36.5 Å². The second kappa shape index (κ2) is 6.16. The SMILES string of the molecule is CC1C[C@H](C(=O)Nc2ncc(-c3ccccc3)s2)CN1C#N. The first-order valence-electron chi connectivity index (χ1n) is 7.16. The Morgan fingerprint density at radius 1 is 1.45 bits per heavy atom. The summed E-state index contributed by atoms with van der Waals surface area (Å²) < 4.78 is 0. The van der Waals surface area contributed by atoms with Crippen LogP contribution in [0.2, 0.25) is 0 Å². The normalized spacial score (nSPS) is 20.6. The molecule has 112 valence electrons. The molecule has 1 unspecified atom stereocenters. The van der Waals surface area contributed by atoms with Crippen LogP contribution < -0.4 is 5.32 Å². The fraction of sp³-hybridized carbons (Fsp3) is 0.312. The number of benzene rings is 1. The lowest BCUT2D eigenvalue weighted by Gasteiger charge is -2.11. The van der Waals surface area contributed by atoms with Crippen molar-refractivity contribution in [3.63, 3.8) is 0 Å². The summed E-state index contributed by atoms with van der Waals surface area (Å²) in [7, 11) is 0. The van der Waals surface area contributed by atoms with Gasteiger partial charge in [-0.05, 0) is 18.9 Å². The number of anilines is 1. The van der Waals surface area contributed by atoms with E-state index in [1.165, 1.54) is 11.3 Å². The number of likely N-dealkylation sites (tertiary alicyclic amines) is 1. The predicted octanol–water partition coefficient (Wildman–Crippen LogP) is 2.94. The van der Waals surface area contributed by atoms with Crippen LogP contribution in [-0.2, 0) is 4.79 Å². The number of nitriles is 1. The molecule has 22 heavy (non-hydrogen) atoms. The van der Waals surface area contributed by atoms with E-state index in [4.69, 9.17) is 5.26 Å². The molecule has 0 spiro atoms. The maximum atomic E-state index is 12.3. The Bertz CT molecular complexity index is 706. The number of thiazole rings is 1. The molecule has 5 nitrogen and oxygen atoms in total. The van der Waals surface area contributed by atoms with E-state index in [0.29, 0.717) is 18.1 Å². The van der Waals surface area contributed by atoms with Gasteiger partial charge in [0.1, 0.15) is 0 Å². The molecule has 1 fully saturated rings. The van der Waals surface area contributed by atoms with E-state index >= 15 is 0 Å². The number of amides is 1. The summed E-state index contributed by atoms with van der Waals surface area (Å²) in [5.74, 6) is -0.211. The smallest absolute Gasteiger partial charge is 0.231 e. The highest BCUT2D eigenvalue weighted by atomic mass is 32.1. The largest absolute Gasteiger partial charge is 0.307 e. The summed E-state index contributed by atoms with van der Waals surface area (Å²) >= 11 is 1.46. The Balaban J connectivity index is 1.66. The van der Waals surface area contributed by atoms with Crippen LogP contribution in [0.5, 0.6) is 0 Å². The molecule has 0 bridgehead atoms. The van der Waals surface area contributed by atoms with E-state index in [1.54, 1.807) is 11.1 Å². The molecule has 0 radical (unpaired) electrons. The number of carbonyl (C=O) groups excluding carboxylic acids is 1. The summed E-state index contributed by atoms with van der Waals surface area (Å²) in [5.41, 5.74) is 1.09. The Kier molecular flexibility index (Phi) is 4.07. The summed E-state index contributed by atoms with van der Waals surface area (Å²) in [5, 5.41) is 12.5. The standard InChI is InChI=1S/C16H16N4OS/c1-11-7-13(9-20(11)10-17)15(21)19-16-18-8-14(22-16)12-5-3-2-4-6-12/h2-6,8,11,13H,7,9H2,1H3,(H,18,19,21)/t11?,13-/m0/s1. The third kappa shape index (κ3) is 2.95. The van der Waals surface area contributed by atoms with Gasteiger partial charge in [0.15, 0.2) is 11.3 Å². The maximum Gasteiger partial charge on any atom is 0.231 e. The number of nitrogens with zero attached hydrogens (tertiary/aromatic N) is 3. The molecule has 6 heteroatoms. The Hall–Kier alpha value is -2.39. The van der Waals surface area contributed by atoms with Crippen LogP contribution >= 0.6 is 11.3 Å². The van der Waals surface area contributed by atoms with Crippen molar-refractivity contribution >= 4 is 22.4 Å². The fourth-order valence-corrected chi connectivity index (χ4v) is 3.46. The molecule has 0 aliphatic carbocycles. The second-order valence-corrected chi connectivity index (χ2v) is 6.45. The first kappa shape index (κ1) is 14.5. The highest BCUT2D eigenvalue weighted by Gasteiger charge is 2.33. The van der Waals surface area contributed by atoms with E-state index in [0.717, 1.165) is 10.4 Å². The molecule has 1 aliphatic rings. The summed E-state index contributed by atoms with van der Waals surface area (Å²) in [4.78, 5) is 19.2. The molecule has 2 aromatic rings. The zero-order chi connectivity index (χ0) is 15.5. The van der Waals surface area contributed by atoms with Gasteiger partial charge >= 0.3 is 0 Å². The van der Waals surface area contributed by atoms with Gasteiger partial charge in [-0.15, -0.1) is 0 Å². The van der Waals surface area contributed by atoms with E-state index in [-0.39, 0.29) is 17.9 Å². The van der Waals surface area contributed by atoms with Gasteiger partial charge in [-0.3, -0.25) is 4.79 Å². The molecule has 2 heterocycles. The number of rotatable bonds is 3. The fourth-order valence-electron chi connectivity index (χ4n) is 2.64. The van der Waals surface area contributed by atoms with Gasteiger partial charge in [0, 0.05) is 18.8 Å². The Labute approximate surface area is 133 Å². The van der Waals surface area contributed by atoms with Gasteiger partial charge in [-0.2, -0.15) is 5.26 Å². The van der Waals surface area contributed by atoms with Crippen molar-refractivity contribution in [3.05, 3.63) is 36.5 Å². The average Bonchev–Trinajstić information content (AvgIpc) is 3.14. The van der Waals surface area contributed by atoms with Crippen molar-refractivity contribution in [1.29, 1.82) is 5.26 Å². The molecular formula is C16H16N4OS. The minimum absolute atomic E-state index is 0.0569. The van der Waals surface area contributed by atoms with Gasteiger partial charge in [0.25, 0.3) is 0 Å². The van der Waals surface area contributed by atoms with Gasteiger partial charge < -0.3 is 10.2 Å². The highest BCUT2D eigenvalue weighted by Crippen LogP contribution is 2.30. The predicted molar refractivity (Wildman–Crippen MR) is 86.1 cm³/mol. The zero-order valence-electron chi connectivity index (χ0n) is 12.2. The first-order valence-corrected chi connectivity index (χ1v) is 7.97. The molecule has 1 N–H and O–H groups in total. The molecule has 1 saturated heterocycles. The van der Waals surface area contributed by atoms with Crippen LogP contribution in [0.3, 0.4) is 0 Å². The number of carbonyl (C=O) groups is 1. The Morgan fingerprint density at radius 3 is 2.91 bits per heavy atom. The number of hydrogen-bond acceptors (Lipinski definition) is 5. The van der Waals surface area contributed by atoms with E-state index < -0.39 is 0 Å². The van der Waals surface area contributed by atoms with E-state index in [2.05, 4.69) is 16.5 Å². The number of nitrogens with one attached hydrogen (secondary N) is 1. The van der Waals surface area contributed by atoms with Gasteiger partial charge in [0.2, 0.25) is 5.91 Å². The average molecular weight is 312 g/mol. The van der Waals surface area contributed by atoms with Crippen LogP contribution in [0.1, 0.15) is 13.3 Å². The summed E-state index contributed by atoms with van der Waals surface area (Å²) in [6.07, 6.45) is 4.61. The lowest BCUT2D eigenvalue weighted by Crippen LogP contribution is -2.25. The molecule has 0 saturated carbocycles. The van der Waals surface area contributed by atoms with Gasteiger partial charge in [-0.1, -0.05) is 41.7 Å². The molecule has 1 aromatic heterocycles. The minimum Gasteiger partial charge on any atom is -0.307 e. The van der Waals surface area contributed by atoms with Gasteiger partial charge in [0.05, 0.1) is 10.8 Å². The molecule has 1 aliphatic heterocycles. The summed E-state index contributed by atoms with van der Waals surface area (Å²) in [6, 6.07) is 10.1. The quantitative estimate of drug-likeness (QED) is 0.885. The van der Waals surface area contributed by atoms with Crippen molar-refractivity contribution < 1.29 is 4.79 Å². The molecule has 3 rings (SSSR count). The monoisotopic (exact) mass is 312 g/mol. The van der Waals surface area contributed by atoms with E-state index in [1.807, 2.05) is 37.3 Å². The topological polar surface area (TPSA) is 69.0 Å². The first-order chi connectivity index (χ1) is 10.7. The van der Waals surface area contributed by atoms with Crippen LogP contribution in [-0.4, -0.2) is 28.4 Å². The summed E-state index contributed by atoms with van der Waals surface area (Å²) in [6.45, 7) is 2.45. The number of hydrogen-bond donors (Lipinski definition) is 1. The highest BCUT2D eigenvalue weighted by molar-refractivity contribution is 7.19. The van der Waals surface area contributed by atoms with Crippen LogP contribution in [0.25, 0.3) is 10.4 Å². The third-order valence-electron chi connectivity index (χ3n) is 3.87. The van der Waals surface area contributed by atoms with Crippen molar-refractivity contribution in [1.82, 2.24) is 9.88 Å². The zero-order valence-corrected chi connectivity index (χ0v) is 13.0. The van der Waals surface area contributed by atoms with Crippen molar-refractivity contribution in [3.8, 4) is 16.6 Å². The second-order valence-electron chi connectivity index (χ2n) is 5.42. The molecule has 1 aromatic carbocycles. The molecule has 2 atom stereocenters. The number of aromatic nitrogens is 1. The Morgan fingerprint density at radius 2 is 2.23 bits per heavy atom. The van der Waals surface area contributed by atoms with E-state index in [9.17, 15) is 4.79 Å². The third-order valence-corrected chi connectivity index (χ3v) is 4.83. The lowest BCUT2D eigenvalue weighted by molar-refractivity contribution is -0.119. The van der Waals surface area contributed by atoms with Crippen molar-refractivity contribution in [2.24, 2.45) is 5.92 Å². The van der Waals surface area contributed by atoms with Gasteiger partial charge in [-0.25, -0.2) is 4.98 Å².